The smallest absolute Gasteiger partial charge is 0.278 e. The van der Waals surface area contributed by atoms with Crippen molar-refractivity contribution in [1.29, 1.82) is 0 Å². The third kappa shape index (κ3) is 6.42. The quantitative estimate of drug-likeness (QED) is 0.537. The van der Waals surface area contributed by atoms with E-state index >= 15 is 0 Å². The molecule has 0 saturated carbocycles. The third-order valence-electron chi connectivity index (χ3n) is 4.38. The van der Waals surface area contributed by atoms with Crippen molar-refractivity contribution < 1.29 is 23.4 Å². The van der Waals surface area contributed by atoms with Crippen LogP contribution < -0.4 is 10.1 Å². The zero-order valence-corrected chi connectivity index (χ0v) is 17.6. The molecule has 0 aliphatic carbocycles. The second kappa shape index (κ2) is 9.34. The molecule has 0 bridgehead atoms. The van der Waals surface area contributed by atoms with Crippen LogP contribution in [0.25, 0.3) is 10.9 Å². The number of aliphatic hydroxyl groups is 1. The molecule has 0 aliphatic heterocycles. The van der Waals surface area contributed by atoms with E-state index in [0.29, 0.717) is 23.3 Å². The largest absolute Gasteiger partial charge is 0.471 e. The number of alkyl halides is 2. The average Bonchev–Trinajstić information content (AvgIpc) is 3.08. The van der Waals surface area contributed by atoms with Gasteiger partial charge in [0.1, 0.15) is 0 Å². The first-order valence-corrected chi connectivity index (χ1v) is 9.82. The lowest BCUT2D eigenvalue weighted by molar-refractivity contribution is -0.120. The Morgan fingerprint density at radius 3 is 2.84 bits per heavy atom. The topological polar surface area (TPSA) is 102 Å². The van der Waals surface area contributed by atoms with E-state index in [0.717, 1.165) is 17.9 Å². The van der Waals surface area contributed by atoms with Gasteiger partial charge in [0.2, 0.25) is 11.8 Å². The number of nitrogens with zero attached hydrogens (tertiary/aromatic N) is 4. The summed E-state index contributed by atoms with van der Waals surface area (Å²) in [5, 5.41) is 17.2. The number of halogens is 2. The van der Waals surface area contributed by atoms with Crippen LogP contribution >= 0.6 is 0 Å². The number of carbonyl (C=O) groups is 1. The van der Waals surface area contributed by atoms with Crippen molar-refractivity contribution in [1.82, 2.24) is 25.1 Å². The zero-order chi connectivity index (χ0) is 22.6. The lowest BCUT2D eigenvalue weighted by Gasteiger charge is -2.13. The van der Waals surface area contributed by atoms with Crippen LogP contribution in [0.1, 0.15) is 30.7 Å². The predicted molar refractivity (Wildman–Crippen MR) is 110 cm³/mol. The summed E-state index contributed by atoms with van der Waals surface area (Å²) in [5.74, 6) is -2.99. The van der Waals surface area contributed by atoms with Crippen molar-refractivity contribution in [2.24, 2.45) is 0 Å². The molecule has 1 atom stereocenters. The summed E-state index contributed by atoms with van der Waals surface area (Å²) < 4.78 is 32.8. The summed E-state index contributed by atoms with van der Waals surface area (Å²) in [4.78, 5) is 20.5. The molecule has 0 fully saturated rings. The first kappa shape index (κ1) is 22.5. The summed E-state index contributed by atoms with van der Waals surface area (Å²) in [7, 11) is 0. The molecule has 0 radical (unpaired) electrons. The molecule has 3 heterocycles. The molecular formula is C21H25F2N5O3. The average molecular weight is 433 g/mol. The molecule has 166 valence electrons. The number of carbonyl (C=O) groups excluding carboxylic acids is 1. The second-order valence-electron chi connectivity index (χ2n) is 7.67. The summed E-state index contributed by atoms with van der Waals surface area (Å²) in [5.41, 5.74) is 2.76. The third-order valence-corrected chi connectivity index (χ3v) is 4.38. The van der Waals surface area contributed by atoms with E-state index in [4.69, 9.17) is 4.74 Å². The molecule has 3 aromatic rings. The van der Waals surface area contributed by atoms with E-state index in [9.17, 15) is 18.7 Å². The first-order chi connectivity index (χ1) is 14.6. The molecule has 0 unspecified atom stereocenters. The highest BCUT2D eigenvalue weighted by molar-refractivity contribution is 5.86. The Bertz CT molecular complexity index is 1060. The van der Waals surface area contributed by atoms with Gasteiger partial charge >= 0.3 is 0 Å². The van der Waals surface area contributed by atoms with Gasteiger partial charge in [-0.25, -0.2) is 13.8 Å². The Morgan fingerprint density at radius 2 is 2.16 bits per heavy atom. The van der Waals surface area contributed by atoms with Gasteiger partial charge < -0.3 is 15.2 Å². The molecule has 2 N–H and O–H groups in total. The number of hydrogen-bond acceptors (Lipinski definition) is 6. The van der Waals surface area contributed by atoms with Crippen molar-refractivity contribution in [3.05, 3.63) is 47.5 Å². The number of nitrogens with one attached hydrogen (secondary N) is 1. The highest BCUT2D eigenvalue weighted by Gasteiger charge is 2.22. The molecule has 0 spiro atoms. The summed E-state index contributed by atoms with van der Waals surface area (Å²) in [6.45, 7) is 3.98. The SMILES string of the molecule is Cc1cc(Cn2cc3c(CC(=O)NC[C@H](C)O)nccc3n2)cnc1OCC(C)(F)F. The lowest BCUT2D eigenvalue weighted by Crippen LogP contribution is -2.31. The van der Waals surface area contributed by atoms with Gasteiger partial charge in [-0.2, -0.15) is 5.10 Å². The molecule has 8 nitrogen and oxygen atoms in total. The van der Waals surface area contributed by atoms with Crippen LogP contribution in [0.3, 0.4) is 0 Å². The summed E-state index contributed by atoms with van der Waals surface area (Å²) >= 11 is 0. The van der Waals surface area contributed by atoms with Gasteiger partial charge in [0.05, 0.1) is 30.3 Å². The van der Waals surface area contributed by atoms with Gasteiger partial charge in [-0.3, -0.25) is 14.5 Å². The first-order valence-electron chi connectivity index (χ1n) is 9.82. The van der Waals surface area contributed by atoms with Crippen LogP contribution in [0.4, 0.5) is 8.78 Å². The van der Waals surface area contributed by atoms with E-state index in [1.165, 1.54) is 0 Å². The molecule has 0 saturated heterocycles. The van der Waals surface area contributed by atoms with Crippen LogP contribution in [0, 0.1) is 6.92 Å². The Kier molecular flexibility index (Phi) is 6.79. The number of ether oxygens (including phenoxy) is 1. The van der Waals surface area contributed by atoms with Gasteiger partial charge in [-0.15, -0.1) is 0 Å². The number of rotatable bonds is 9. The van der Waals surface area contributed by atoms with E-state index in [-0.39, 0.29) is 24.8 Å². The lowest BCUT2D eigenvalue weighted by atomic mass is 10.2. The number of aliphatic hydroxyl groups excluding tert-OH is 1. The normalized spacial score (nSPS) is 12.7. The Balaban J connectivity index is 1.72. The van der Waals surface area contributed by atoms with Crippen molar-refractivity contribution in [3.8, 4) is 5.88 Å². The molecule has 3 aromatic heterocycles. The van der Waals surface area contributed by atoms with Crippen molar-refractivity contribution >= 4 is 16.8 Å². The van der Waals surface area contributed by atoms with Crippen LogP contribution in [0.2, 0.25) is 0 Å². The molecular weight excluding hydrogens is 408 g/mol. The van der Waals surface area contributed by atoms with Gasteiger partial charge in [0.15, 0.2) is 6.61 Å². The van der Waals surface area contributed by atoms with Crippen LogP contribution in [0.15, 0.2) is 30.7 Å². The highest BCUT2D eigenvalue weighted by atomic mass is 19.3. The molecule has 0 aliphatic rings. The standard InChI is InChI=1S/C21H25F2N5O3/c1-13-6-15(9-26-20(13)31-12-21(3,22)23)10-28-11-16-17(27-28)4-5-24-18(16)7-19(30)25-8-14(2)29/h4-6,9,11,14,29H,7-8,10,12H2,1-3H3,(H,25,30)/t14-/m0/s1. The maximum atomic E-state index is 13.0. The van der Waals surface area contributed by atoms with E-state index in [2.05, 4.69) is 20.4 Å². The Hall–Kier alpha value is -3.14. The number of hydrogen-bond donors (Lipinski definition) is 2. The molecule has 3 rings (SSSR count). The fraction of sp³-hybridized carbons (Fsp3) is 0.429. The molecule has 31 heavy (non-hydrogen) atoms. The molecule has 10 heteroatoms. The summed E-state index contributed by atoms with van der Waals surface area (Å²) in [6, 6.07) is 3.57. The van der Waals surface area contributed by atoms with Crippen LogP contribution in [-0.4, -0.2) is 55.9 Å². The maximum absolute atomic E-state index is 13.0. The van der Waals surface area contributed by atoms with Crippen molar-refractivity contribution in [2.45, 2.75) is 45.8 Å². The number of fused-ring (bicyclic) bond motifs is 1. The number of amides is 1. The molecule has 1 amide bonds. The molecule has 0 aromatic carbocycles. The number of aryl methyl sites for hydroxylation is 1. The van der Waals surface area contributed by atoms with Crippen molar-refractivity contribution in [3.63, 3.8) is 0 Å². The zero-order valence-electron chi connectivity index (χ0n) is 17.6. The van der Waals surface area contributed by atoms with Gasteiger partial charge in [0, 0.05) is 43.0 Å². The fourth-order valence-corrected chi connectivity index (χ4v) is 2.99. The minimum absolute atomic E-state index is 0.0739. The summed E-state index contributed by atoms with van der Waals surface area (Å²) in [6.07, 6.45) is 4.41. The highest BCUT2D eigenvalue weighted by Crippen LogP contribution is 2.21. The second-order valence-corrected chi connectivity index (χ2v) is 7.67. The van der Waals surface area contributed by atoms with E-state index in [1.54, 1.807) is 43.2 Å². The maximum Gasteiger partial charge on any atom is 0.278 e. The van der Waals surface area contributed by atoms with Crippen LogP contribution in [0.5, 0.6) is 5.88 Å². The van der Waals surface area contributed by atoms with E-state index < -0.39 is 18.6 Å². The number of pyridine rings is 2. The predicted octanol–water partition coefficient (Wildman–Crippen LogP) is 2.26. The Morgan fingerprint density at radius 1 is 1.39 bits per heavy atom. The van der Waals surface area contributed by atoms with Crippen LogP contribution in [-0.2, 0) is 17.8 Å². The minimum Gasteiger partial charge on any atom is -0.471 e. The van der Waals surface area contributed by atoms with Gasteiger partial charge in [-0.1, -0.05) is 0 Å². The van der Waals surface area contributed by atoms with E-state index in [1.807, 2.05) is 6.07 Å². The monoisotopic (exact) mass is 433 g/mol. The fourth-order valence-electron chi connectivity index (χ4n) is 2.99. The van der Waals surface area contributed by atoms with Crippen molar-refractivity contribution in [2.75, 3.05) is 13.2 Å². The van der Waals surface area contributed by atoms with Gasteiger partial charge in [-0.05, 0) is 31.5 Å². The Labute approximate surface area is 178 Å². The van der Waals surface area contributed by atoms with Gasteiger partial charge in [0.25, 0.3) is 5.92 Å². The minimum atomic E-state index is -2.93. The number of aromatic nitrogens is 4.